The molecule has 2 aromatic carbocycles. The molecule has 0 radical (unpaired) electrons. The maximum atomic E-state index is 12.3. The van der Waals surface area contributed by atoms with Gasteiger partial charge in [-0.1, -0.05) is 57.2 Å². The summed E-state index contributed by atoms with van der Waals surface area (Å²) >= 11 is 0. The number of anilines is 1. The van der Waals surface area contributed by atoms with Crippen molar-refractivity contribution in [2.24, 2.45) is 0 Å². The standard InChI is InChI=1S/C20H26N2O3S/c1-4-16-7-5-6-8-18(16)14-26(24,25)21-13-20(23)22-19-11-9-17(10-12-19)15(2)3/h5-12,15,21H,4,13-14H2,1-3H3,(H,22,23). The Hall–Kier alpha value is -2.18. The second-order valence-electron chi connectivity index (χ2n) is 6.53. The molecule has 0 aliphatic heterocycles. The van der Waals surface area contributed by atoms with Crippen LogP contribution in [-0.2, 0) is 27.0 Å². The van der Waals surface area contributed by atoms with Crippen molar-refractivity contribution in [3.63, 3.8) is 0 Å². The zero-order chi connectivity index (χ0) is 19.2. The Kier molecular flexibility index (Phi) is 6.94. The van der Waals surface area contributed by atoms with E-state index in [0.29, 0.717) is 11.6 Å². The van der Waals surface area contributed by atoms with Crippen LogP contribution in [0.2, 0.25) is 0 Å². The Morgan fingerprint density at radius 2 is 1.62 bits per heavy atom. The summed E-state index contributed by atoms with van der Waals surface area (Å²) in [5.74, 6) is -0.111. The highest BCUT2D eigenvalue weighted by atomic mass is 32.2. The van der Waals surface area contributed by atoms with Gasteiger partial charge in [-0.2, -0.15) is 0 Å². The fraction of sp³-hybridized carbons (Fsp3) is 0.350. The molecule has 0 fully saturated rings. The lowest BCUT2D eigenvalue weighted by molar-refractivity contribution is -0.115. The number of carbonyl (C=O) groups excluding carboxylic acids is 1. The monoisotopic (exact) mass is 374 g/mol. The van der Waals surface area contributed by atoms with Crippen LogP contribution in [-0.4, -0.2) is 20.9 Å². The Morgan fingerprint density at radius 1 is 1.00 bits per heavy atom. The highest BCUT2D eigenvalue weighted by Crippen LogP contribution is 2.17. The molecule has 0 aliphatic carbocycles. The third kappa shape index (κ3) is 5.97. The first kappa shape index (κ1) is 20.1. The van der Waals surface area contributed by atoms with Crippen molar-refractivity contribution in [3.8, 4) is 0 Å². The Morgan fingerprint density at radius 3 is 2.19 bits per heavy atom. The molecule has 0 spiro atoms. The summed E-state index contributed by atoms with van der Waals surface area (Å²) in [7, 11) is -3.58. The topological polar surface area (TPSA) is 75.3 Å². The van der Waals surface area contributed by atoms with Gasteiger partial charge in [0.05, 0.1) is 12.3 Å². The molecule has 0 unspecified atom stereocenters. The van der Waals surface area contributed by atoms with E-state index in [2.05, 4.69) is 23.9 Å². The summed E-state index contributed by atoms with van der Waals surface area (Å²) in [5.41, 5.74) is 3.58. The van der Waals surface area contributed by atoms with Gasteiger partial charge < -0.3 is 5.32 Å². The first-order valence-corrected chi connectivity index (χ1v) is 10.4. The van der Waals surface area contributed by atoms with Crippen LogP contribution >= 0.6 is 0 Å². The lowest BCUT2D eigenvalue weighted by atomic mass is 10.0. The summed E-state index contributed by atoms with van der Waals surface area (Å²) in [5, 5.41) is 2.70. The summed E-state index contributed by atoms with van der Waals surface area (Å²) in [6, 6.07) is 15.0. The zero-order valence-corrected chi connectivity index (χ0v) is 16.3. The second kappa shape index (κ2) is 8.96. The molecule has 1 amide bonds. The molecule has 140 valence electrons. The van der Waals surface area contributed by atoms with E-state index >= 15 is 0 Å². The lowest BCUT2D eigenvalue weighted by Gasteiger charge is -2.11. The van der Waals surface area contributed by atoms with Crippen LogP contribution in [0.15, 0.2) is 48.5 Å². The summed E-state index contributed by atoms with van der Waals surface area (Å²) in [6.45, 7) is 5.89. The number of carbonyl (C=O) groups is 1. The first-order chi connectivity index (χ1) is 12.3. The van der Waals surface area contributed by atoms with Crippen molar-refractivity contribution in [2.75, 3.05) is 11.9 Å². The van der Waals surface area contributed by atoms with Gasteiger partial charge in [-0.05, 0) is 41.2 Å². The molecule has 2 aromatic rings. The predicted molar refractivity (Wildman–Crippen MR) is 106 cm³/mol. The van der Waals surface area contributed by atoms with E-state index in [-0.39, 0.29) is 12.3 Å². The number of amides is 1. The number of hydrogen-bond donors (Lipinski definition) is 2. The van der Waals surface area contributed by atoms with Gasteiger partial charge in [0, 0.05) is 5.69 Å². The van der Waals surface area contributed by atoms with Crippen molar-refractivity contribution in [1.29, 1.82) is 0 Å². The van der Waals surface area contributed by atoms with Crippen LogP contribution in [0.3, 0.4) is 0 Å². The van der Waals surface area contributed by atoms with Crippen LogP contribution in [0.5, 0.6) is 0 Å². The maximum Gasteiger partial charge on any atom is 0.239 e. The third-order valence-corrected chi connectivity index (χ3v) is 5.43. The molecule has 0 saturated carbocycles. The Balaban J connectivity index is 1.91. The molecule has 0 aliphatic rings. The fourth-order valence-corrected chi connectivity index (χ4v) is 3.78. The van der Waals surface area contributed by atoms with Crippen molar-refractivity contribution in [2.45, 2.75) is 38.9 Å². The molecule has 0 heterocycles. The van der Waals surface area contributed by atoms with Gasteiger partial charge in [-0.3, -0.25) is 4.79 Å². The maximum absolute atomic E-state index is 12.3. The number of aryl methyl sites for hydroxylation is 1. The predicted octanol–water partition coefficient (Wildman–Crippen LogP) is 3.43. The molecule has 0 atom stereocenters. The summed E-state index contributed by atoms with van der Waals surface area (Å²) in [4.78, 5) is 12.0. The van der Waals surface area contributed by atoms with E-state index in [1.807, 2.05) is 49.4 Å². The van der Waals surface area contributed by atoms with Gasteiger partial charge in [0.1, 0.15) is 0 Å². The molecule has 0 bridgehead atoms. The number of benzene rings is 2. The van der Waals surface area contributed by atoms with Gasteiger partial charge >= 0.3 is 0 Å². The van der Waals surface area contributed by atoms with Crippen molar-refractivity contribution in [3.05, 3.63) is 65.2 Å². The number of sulfonamides is 1. The van der Waals surface area contributed by atoms with E-state index in [9.17, 15) is 13.2 Å². The molecule has 0 aromatic heterocycles. The fourth-order valence-electron chi connectivity index (χ4n) is 2.63. The average Bonchev–Trinajstić information content (AvgIpc) is 2.61. The highest BCUT2D eigenvalue weighted by molar-refractivity contribution is 7.88. The Labute approximate surface area is 155 Å². The van der Waals surface area contributed by atoms with Gasteiger partial charge in [0.25, 0.3) is 0 Å². The van der Waals surface area contributed by atoms with E-state index in [1.54, 1.807) is 6.07 Å². The molecule has 2 N–H and O–H groups in total. The molecule has 6 heteroatoms. The van der Waals surface area contributed by atoms with Gasteiger partial charge in [0.15, 0.2) is 0 Å². The molecule has 0 saturated heterocycles. The quantitative estimate of drug-likeness (QED) is 0.743. The third-order valence-electron chi connectivity index (χ3n) is 4.16. The molecular weight excluding hydrogens is 348 g/mol. The number of rotatable bonds is 8. The van der Waals surface area contributed by atoms with Crippen molar-refractivity contribution < 1.29 is 13.2 Å². The zero-order valence-electron chi connectivity index (χ0n) is 15.5. The molecule has 26 heavy (non-hydrogen) atoms. The van der Waals surface area contributed by atoms with E-state index in [4.69, 9.17) is 0 Å². The molecular formula is C20H26N2O3S. The number of hydrogen-bond acceptors (Lipinski definition) is 3. The van der Waals surface area contributed by atoms with E-state index in [0.717, 1.165) is 17.5 Å². The van der Waals surface area contributed by atoms with Crippen LogP contribution in [0.25, 0.3) is 0 Å². The van der Waals surface area contributed by atoms with Crippen molar-refractivity contribution >= 4 is 21.6 Å². The highest BCUT2D eigenvalue weighted by Gasteiger charge is 2.15. The van der Waals surface area contributed by atoms with Crippen LogP contribution in [0.4, 0.5) is 5.69 Å². The SMILES string of the molecule is CCc1ccccc1CS(=O)(=O)NCC(=O)Nc1ccc(C(C)C)cc1. The van der Waals surface area contributed by atoms with Crippen LogP contribution in [0.1, 0.15) is 43.4 Å². The summed E-state index contributed by atoms with van der Waals surface area (Å²) < 4.78 is 26.9. The largest absolute Gasteiger partial charge is 0.325 e. The van der Waals surface area contributed by atoms with Crippen LogP contribution in [0, 0.1) is 0 Å². The average molecular weight is 375 g/mol. The second-order valence-corrected chi connectivity index (χ2v) is 8.33. The summed E-state index contributed by atoms with van der Waals surface area (Å²) in [6.07, 6.45) is 0.762. The minimum absolute atomic E-state index is 0.132. The normalized spacial score (nSPS) is 11.5. The minimum atomic E-state index is -3.58. The van der Waals surface area contributed by atoms with Gasteiger partial charge in [-0.25, -0.2) is 13.1 Å². The molecule has 5 nitrogen and oxygen atoms in total. The number of nitrogens with one attached hydrogen (secondary N) is 2. The van der Waals surface area contributed by atoms with E-state index < -0.39 is 15.9 Å². The van der Waals surface area contributed by atoms with E-state index in [1.165, 1.54) is 5.56 Å². The smallest absolute Gasteiger partial charge is 0.239 e. The first-order valence-electron chi connectivity index (χ1n) is 8.74. The van der Waals surface area contributed by atoms with Gasteiger partial charge in [-0.15, -0.1) is 0 Å². The minimum Gasteiger partial charge on any atom is -0.325 e. The van der Waals surface area contributed by atoms with Crippen molar-refractivity contribution in [1.82, 2.24) is 4.72 Å². The lowest BCUT2D eigenvalue weighted by Crippen LogP contribution is -2.33. The molecule has 2 rings (SSSR count). The van der Waals surface area contributed by atoms with Crippen LogP contribution < -0.4 is 10.0 Å². The van der Waals surface area contributed by atoms with Gasteiger partial charge in [0.2, 0.25) is 15.9 Å². The Bertz CT molecular complexity index is 844.